The van der Waals surface area contributed by atoms with Gasteiger partial charge in [0.15, 0.2) is 0 Å². The quantitative estimate of drug-likeness (QED) is 0.737. The van der Waals surface area contributed by atoms with Gasteiger partial charge in [-0.3, -0.25) is 0 Å². The smallest absolute Gasteiger partial charge is 0.335 e. The van der Waals surface area contributed by atoms with Crippen LogP contribution in [0.2, 0.25) is 0 Å². The van der Waals surface area contributed by atoms with Crippen molar-refractivity contribution < 1.29 is 27.4 Å². The van der Waals surface area contributed by atoms with Crippen molar-refractivity contribution in [1.29, 1.82) is 0 Å². The Morgan fingerprint density at radius 3 is 2.65 bits per heavy atom. The number of carbonyl (C=O) groups is 1. The monoisotopic (exact) mass is 305 g/mol. The van der Waals surface area contributed by atoms with Crippen molar-refractivity contribution in [3.05, 3.63) is 29.1 Å². The molecule has 0 spiro atoms. The summed E-state index contributed by atoms with van der Waals surface area (Å²) in [5, 5.41) is 8.84. The van der Waals surface area contributed by atoms with E-state index in [4.69, 9.17) is 9.84 Å². The third-order valence-corrected chi connectivity index (χ3v) is 4.24. The molecule has 0 atom stereocenters. The lowest BCUT2D eigenvalue weighted by Crippen LogP contribution is -2.26. The second kappa shape index (κ2) is 6.78. The highest BCUT2D eigenvalue weighted by atomic mass is 32.2. The number of carboxylic acids is 1. The molecule has 0 aromatic heterocycles. The molecule has 0 radical (unpaired) electrons. The Balaban J connectivity index is 3.07. The van der Waals surface area contributed by atoms with Gasteiger partial charge in [0, 0.05) is 25.8 Å². The number of hydrogen-bond acceptors (Lipinski definition) is 4. The van der Waals surface area contributed by atoms with Crippen molar-refractivity contribution in [1.82, 2.24) is 4.72 Å². The van der Waals surface area contributed by atoms with Gasteiger partial charge in [0.05, 0.1) is 10.5 Å². The average Bonchev–Trinajstić information content (AvgIpc) is 2.37. The number of halogens is 1. The Labute approximate surface area is 116 Å². The molecular formula is C12H16FNO5S. The van der Waals surface area contributed by atoms with E-state index in [2.05, 4.69) is 4.72 Å². The van der Waals surface area contributed by atoms with Crippen LogP contribution in [0.15, 0.2) is 17.0 Å². The molecule has 1 aromatic rings. The second-order valence-electron chi connectivity index (χ2n) is 4.13. The number of methoxy groups -OCH3 is 1. The third kappa shape index (κ3) is 3.99. The molecule has 0 saturated carbocycles. The molecule has 0 saturated heterocycles. The molecule has 6 nitrogen and oxygen atoms in total. The number of benzene rings is 1. The Bertz CT molecular complexity index is 600. The summed E-state index contributed by atoms with van der Waals surface area (Å²) >= 11 is 0. The fourth-order valence-corrected chi connectivity index (χ4v) is 2.91. The molecule has 0 heterocycles. The second-order valence-corrected chi connectivity index (χ2v) is 5.87. The van der Waals surface area contributed by atoms with Gasteiger partial charge in [0.25, 0.3) is 0 Å². The van der Waals surface area contributed by atoms with Crippen molar-refractivity contribution in [2.24, 2.45) is 0 Å². The largest absolute Gasteiger partial charge is 0.478 e. The standard InChI is InChI=1S/C12H16FNO5S/c1-8-10(13)6-9(12(15)16)7-11(8)20(17,18)14-4-3-5-19-2/h6-7,14H,3-5H2,1-2H3,(H,15,16). The minimum Gasteiger partial charge on any atom is -0.478 e. The van der Waals surface area contributed by atoms with Gasteiger partial charge in [-0.05, 0) is 25.5 Å². The highest BCUT2D eigenvalue weighted by Crippen LogP contribution is 2.20. The van der Waals surface area contributed by atoms with Gasteiger partial charge in [0.1, 0.15) is 5.82 Å². The first-order valence-electron chi connectivity index (χ1n) is 5.81. The summed E-state index contributed by atoms with van der Waals surface area (Å²) in [6, 6.07) is 1.74. The highest BCUT2D eigenvalue weighted by molar-refractivity contribution is 7.89. The fourth-order valence-electron chi connectivity index (χ4n) is 1.56. The van der Waals surface area contributed by atoms with E-state index in [0.29, 0.717) is 13.0 Å². The Hall–Kier alpha value is -1.51. The van der Waals surface area contributed by atoms with Crippen LogP contribution >= 0.6 is 0 Å². The van der Waals surface area contributed by atoms with Gasteiger partial charge < -0.3 is 9.84 Å². The number of carboxylic acid groups (broad SMARTS) is 1. The van der Waals surface area contributed by atoms with Crippen LogP contribution in [0.4, 0.5) is 4.39 Å². The van der Waals surface area contributed by atoms with Crippen LogP contribution < -0.4 is 4.72 Å². The lowest BCUT2D eigenvalue weighted by atomic mass is 10.1. The topological polar surface area (TPSA) is 92.7 Å². The maximum absolute atomic E-state index is 13.6. The van der Waals surface area contributed by atoms with Crippen molar-refractivity contribution in [3.63, 3.8) is 0 Å². The zero-order valence-electron chi connectivity index (χ0n) is 11.1. The van der Waals surface area contributed by atoms with Crippen LogP contribution in [0.5, 0.6) is 0 Å². The van der Waals surface area contributed by atoms with E-state index in [1.165, 1.54) is 14.0 Å². The van der Waals surface area contributed by atoms with Gasteiger partial charge in [-0.15, -0.1) is 0 Å². The average molecular weight is 305 g/mol. The summed E-state index contributed by atoms with van der Waals surface area (Å²) in [5.41, 5.74) is -0.528. The number of nitrogens with one attached hydrogen (secondary N) is 1. The molecule has 8 heteroatoms. The van der Waals surface area contributed by atoms with E-state index in [-0.39, 0.29) is 17.0 Å². The minimum atomic E-state index is -3.96. The van der Waals surface area contributed by atoms with Crippen molar-refractivity contribution in [2.75, 3.05) is 20.3 Å². The Morgan fingerprint density at radius 2 is 2.10 bits per heavy atom. The van der Waals surface area contributed by atoms with Crippen LogP contribution in [0.3, 0.4) is 0 Å². The first-order valence-corrected chi connectivity index (χ1v) is 7.30. The van der Waals surface area contributed by atoms with E-state index in [1.807, 2.05) is 0 Å². The minimum absolute atomic E-state index is 0.116. The predicted molar refractivity (Wildman–Crippen MR) is 69.8 cm³/mol. The maximum atomic E-state index is 13.6. The fraction of sp³-hybridized carbons (Fsp3) is 0.417. The number of sulfonamides is 1. The summed E-state index contributed by atoms with van der Waals surface area (Å²) < 4.78 is 44.7. The summed E-state index contributed by atoms with van der Waals surface area (Å²) in [6.45, 7) is 1.78. The van der Waals surface area contributed by atoms with Gasteiger partial charge in [-0.1, -0.05) is 0 Å². The number of ether oxygens (including phenoxy) is 1. The van der Waals surface area contributed by atoms with Gasteiger partial charge in [-0.2, -0.15) is 0 Å². The predicted octanol–water partition coefficient (Wildman–Crippen LogP) is 1.15. The summed E-state index contributed by atoms with van der Waals surface area (Å²) in [4.78, 5) is 10.5. The molecule has 1 aromatic carbocycles. The molecule has 2 N–H and O–H groups in total. The molecule has 112 valence electrons. The molecule has 20 heavy (non-hydrogen) atoms. The summed E-state index contributed by atoms with van der Waals surface area (Å²) in [5.74, 6) is -2.26. The van der Waals surface area contributed by atoms with E-state index in [9.17, 15) is 17.6 Å². The first-order chi connectivity index (χ1) is 9.29. The summed E-state index contributed by atoms with van der Waals surface area (Å²) in [6.07, 6.45) is 0.454. The molecule has 1 rings (SSSR count). The first kappa shape index (κ1) is 16.5. The van der Waals surface area contributed by atoms with Crippen LogP contribution in [0.1, 0.15) is 22.3 Å². The van der Waals surface area contributed by atoms with E-state index >= 15 is 0 Å². The molecule has 0 aliphatic carbocycles. The maximum Gasteiger partial charge on any atom is 0.335 e. The number of aromatic carboxylic acids is 1. The lowest BCUT2D eigenvalue weighted by Gasteiger charge is -2.11. The van der Waals surface area contributed by atoms with Crippen molar-refractivity contribution >= 4 is 16.0 Å². The van der Waals surface area contributed by atoms with Crippen LogP contribution in [-0.2, 0) is 14.8 Å². The van der Waals surface area contributed by atoms with Crippen LogP contribution in [-0.4, -0.2) is 39.8 Å². The van der Waals surface area contributed by atoms with Gasteiger partial charge in [-0.25, -0.2) is 22.3 Å². The van der Waals surface area contributed by atoms with Crippen LogP contribution in [0, 0.1) is 12.7 Å². The van der Waals surface area contributed by atoms with E-state index < -0.39 is 27.4 Å². The molecule has 0 aliphatic heterocycles. The summed E-state index contributed by atoms with van der Waals surface area (Å²) in [7, 11) is -2.47. The lowest BCUT2D eigenvalue weighted by molar-refractivity contribution is 0.0696. The molecule has 0 amide bonds. The van der Waals surface area contributed by atoms with E-state index in [1.54, 1.807) is 0 Å². The SMILES string of the molecule is COCCCNS(=O)(=O)c1cc(C(=O)O)cc(F)c1C. The normalized spacial score (nSPS) is 11.6. The highest BCUT2D eigenvalue weighted by Gasteiger charge is 2.21. The van der Waals surface area contributed by atoms with Crippen molar-refractivity contribution in [2.45, 2.75) is 18.2 Å². The van der Waals surface area contributed by atoms with Crippen molar-refractivity contribution in [3.8, 4) is 0 Å². The van der Waals surface area contributed by atoms with Crippen LogP contribution in [0.25, 0.3) is 0 Å². The zero-order chi connectivity index (χ0) is 15.3. The Kier molecular flexibility index (Phi) is 5.61. The zero-order valence-corrected chi connectivity index (χ0v) is 12.0. The molecule has 0 fully saturated rings. The van der Waals surface area contributed by atoms with Gasteiger partial charge in [0.2, 0.25) is 10.0 Å². The molecule has 0 bridgehead atoms. The Morgan fingerprint density at radius 1 is 1.45 bits per heavy atom. The number of hydrogen-bond donors (Lipinski definition) is 2. The third-order valence-electron chi connectivity index (χ3n) is 2.65. The van der Waals surface area contributed by atoms with Gasteiger partial charge >= 0.3 is 5.97 Å². The molecular weight excluding hydrogens is 289 g/mol. The molecule has 0 aliphatic rings. The molecule has 0 unspecified atom stereocenters. The number of rotatable bonds is 7. The van der Waals surface area contributed by atoms with E-state index in [0.717, 1.165) is 12.1 Å².